The standard InChI is InChI=1S/C53H38N2.C34H24N2.C19H15Cl/c1-37-17-19-38(20-18-37)39-21-23-40(24-22-39)41-25-29-44(30-26-41)54(45-31-27-43(28-32-45)49-14-8-10-42-9-2-3-11-48(42)49)46-33-35-47(36-34-46)55-52-15-6-4-12-50(52)51-13-5-7-16-53(51)55;1-2-10-29-24(8-1)9-7-13-30(29)25-16-18-26(19-17-25)35-27-20-22-28(23-21-27)36-33-14-5-3-11-31(33)32-12-4-6-15-34(32)36;1-14-2-4-15(5-3-14)16-6-8-17(9-7-16)18-10-12-19(20)13-11-18/h2-36H,1H3;1-23,35H;2-13H,1H3. The van der Waals surface area contributed by atoms with Crippen LogP contribution in [0.5, 0.6) is 0 Å². The van der Waals surface area contributed by atoms with E-state index >= 15 is 0 Å². The van der Waals surface area contributed by atoms with Crippen molar-refractivity contribution in [3.63, 3.8) is 0 Å². The Hall–Kier alpha value is -14.0. The number of fused-ring (bicyclic) bond motifs is 8. The first-order valence-electron chi connectivity index (χ1n) is 37.9. The second kappa shape index (κ2) is 30.7. The number of nitrogens with zero attached hydrogens (tertiary/aromatic N) is 3. The highest BCUT2D eigenvalue weighted by Gasteiger charge is 2.18. The number of para-hydroxylation sites is 4. The molecule has 0 aliphatic heterocycles. The van der Waals surface area contributed by atoms with E-state index in [9.17, 15) is 0 Å². The van der Waals surface area contributed by atoms with Crippen LogP contribution in [0, 0.1) is 13.8 Å². The fourth-order valence-corrected chi connectivity index (χ4v) is 15.7. The van der Waals surface area contributed by atoms with Crippen LogP contribution in [0.15, 0.2) is 425 Å². The van der Waals surface area contributed by atoms with E-state index in [2.05, 4.69) is 434 Å². The lowest BCUT2D eigenvalue weighted by Gasteiger charge is -2.26. The Morgan fingerprint density at radius 2 is 0.459 bits per heavy atom. The molecule has 0 saturated heterocycles. The zero-order valence-corrected chi connectivity index (χ0v) is 62.4. The maximum Gasteiger partial charge on any atom is 0.0541 e. The summed E-state index contributed by atoms with van der Waals surface area (Å²) in [5.74, 6) is 0. The molecule has 20 rings (SSSR count). The van der Waals surface area contributed by atoms with Crippen LogP contribution in [0.1, 0.15) is 11.1 Å². The fourth-order valence-electron chi connectivity index (χ4n) is 15.6. The van der Waals surface area contributed by atoms with Crippen molar-refractivity contribution in [3.8, 4) is 78.1 Å². The van der Waals surface area contributed by atoms with Gasteiger partial charge in [0.05, 0.1) is 22.1 Å². The Kier molecular flexibility index (Phi) is 19.0. The summed E-state index contributed by atoms with van der Waals surface area (Å²) in [6, 6.07) is 152. The number of hydrogen-bond donors (Lipinski definition) is 1. The van der Waals surface area contributed by atoms with E-state index in [1.54, 1.807) is 0 Å². The molecule has 4 nitrogen and oxygen atoms in total. The Balaban J connectivity index is 0.000000131. The van der Waals surface area contributed by atoms with Gasteiger partial charge in [-0.1, -0.05) is 326 Å². The van der Waals surface area contributed by atoms with Gasteiger partial charge >= 0.3 is 0 Å². The number of aromatic nitrogens is 2. The van der Waals surface area contributed by atoms with Gasteiger partial charge in [0.15, 0.2) is 0 Å². The summed E-state index contributed by atoms with van der Waals surface area (Å²) in [5, 5.41) is 14.5. The van der Waals surface area contributed by atoms with E-state index in [-0.39, 0.29) is 0 Å². The minimum absolute atomic E-state index is 0.769. The molecule has 0 amide bonds. The summed E-state index contributed by atoms with van der Waals surface area (Å²) in [6.07, 6.45) is 0. The van der Waals surface area contributed by atoms with Crippen LogP contribution < -0.4 is 10.2 Å². The Labute approximate surface area is 652 Å². The summed E-state index contributed by atoms with van der Waals surface area (Å²) in [5.41, 5.74) is 29.8. The molecule has 0 saturated carbocycles. The number of aryl methyl sites for hydroxylation is 2. The molecular weight excluding hydrogens is 1360 g/mol. The van der Waals surface area contributed by atoms with Crippen molar-refractivity contribution < 1.29 is 0 Å². The van der Waals surface area contributed by atoms with E-state index < -0.39 is 0 Å². The molecule has 20 aromatic rings. The predicted molar refractivity (Wildman–Crippen MR) is 475 cm³/mol. The Morgan fingerprint density at radius 1 is 0.216 bits per heavy atom. The second-order valence-corrected chi connectivity index (χ2v) is 28.8. The van der Waals surface area contributed by atoms with Gasteiger partial charge in [-0.25, -0.2) is 0 Å². The number of halogens is 1. The van der Waals surface area contributed by atoms with Crippen LogP contribution in [0.2, 0.25) is 5.02 Å². The first-order valence-corrected chi connectivity index (χ1v) is 38.2. The first kappa shape index (κ1) is 68.8. The molecule has 0 aliphatic carbocycles. The lowest BCUT2D eigenvalue weighted by molar-refractivity contribution is 1.17. The highest BCUT2D eigenvalue weighted by atomic mass is 35.5. The third kappa shape index (κ3) is 14.2. The lowest BCUT2D eigenvalue weighted by atomic mass is 9.98. The molecule has 2 aromatic heterocycles. The minimum Gasteiger partial charge on any atom is -0.356 e. The highest BCUT2D eigenvalue weighted by molar-refractivity contribution is 6.30. The summed E-state index contributed by atoms with van der Waals surface area (Å²) < 4.78 is 4.71. The van der Waals surface area contributed by atoms with Crippen LogP contribution in [0.25, 0.3) is 143 Å². The van der Waals surface area contributed by atoms with Gasteiger partial charge in [-0.05, 0) is 223 Å². The molecule has 1 N–H and O–H groups in total. The molecule has 0 atom stereocenters. The molecule has 0 radical (unpaired) electrons. The second-order valence-electron chi connectivity index (χ2n) is 28.4. The van der Waals surface area contributed by atoms with Gasteiger partial charge in [0.25, 0.3) is 0 Å². The molecule has 0 spiro atoms. The summed E-state index contributed by atoms with van der Waals surface area (Å²) in [4.78, 5) is 2.35. The van der Waals surface area contributed by atoms with Crippen molar-refractivity contribution in [1.82, 2.24) is 9.13 Å². The van der Waals surface area contributed by atoms with E-state index in [0.717, 1.165) is 44.8 Å². The number of nitrogens with one attached hydrogen (secondary N) is 1. The van der Waals surface area contributed by atoms with Gasteiger partial charge in [-0.2, -0.15) is 0 Å². The average molecular weight is 1440 g/mol. The first-order chi connectivity index (χ1) is 54.7. The lowest BCUT2D eigenvalue weighted by Crippen LogP contribution is -2.10. The normalized spacial score (nSPS) is 11.2. The summed E-state index contributed by atoms with van der Waals surface area (Å²) in [7, 11) is 0. The SMILES string of the molecule is Cc1ccc(-c2ccc(-c3ccc(Cl)cc3)cc2)cc1.Cc1ccc(-c2ccc(-c3ccc(N(c4ccc(-c5cccc6ccccc56)cc4)c4ccc(-n5c6ccccc6c6ccccc65)cc4)cc3)cc2)cc1.c1ccc2c(-c3ccc(Nc4ccc(-n5c6ccccc6c6ccccc65)cc4)cc3)cccc2c1. The van der Waals surface area contributed by atoms with Crippen molar-refractivity contribution >= 4 is 105 Å². The third-order valence-corrected chi connectivity index (χ3v) is 21.6. The zero-order valence-electron chi connectivity index (χ0n) is 61.6. The maximum absolute atomic E-state index is 5.92. The quantitative estimate of drug-likeness (QED) is 0.124. The van der Waals surface area contributed by atoms with Gasteiger partial charge in [0.1, 0.15) is 0 Å². The molecule has 5 heteroatoms. The van der Waals surface area contributed by atoms with Crippen LogP contribution in [0.3, 0.4) is 0 Å². The van der Waals surface area contributed by atoms with Gasteiger partial charge in [0, 0.05) is 66.4 Å². The summed E-state index contributed by atoms with van der Waals surface area (Å²) >= 11 is 5.92. The van der Waals surface area contributed by atoms with E-state index in [4.69, 9.17) is 11.6 Å². The zero-order chi connectivity index (χ0) is 74.6. The van der Waals surface area contributed by atoms with E-state index in [1.165, 1.54) is 143 Å². The molecular formula is C106H77ClN4. The highest BCUT2D eigenvalue weighted by Crippen LogP contribution is 2.41. The van der Waals surface area contributed by atoms with Crippen LogP contribution in [-0.2, 0) is 0 Å². The predicted octanol–water partition coefficient (Wildman–Crippen LogP) is 30.0. The van der Waals surface area contributed by atoms with Crippen molar-refractivity contribution in [2.24, 2.45) is 0 Å². The summed E-state index contributed by atoms with van der Waals surface area (Å²) in [6.45, 7) is 4.23. The van der Waals surface area contributed by atoms with Gasteiger partial charge in [-0.3, -0.25) is 0 Å². The smallest absolute Gasteiger partial charge is 0.0541 e. The molecule has 18 aromatic carbocycles. The average Bonchev–Trinajstić information content (AvgIpc) is 1.61. The Morgan fingerprint density at radius 3 is 0.811 bits per heavy atom. The maximum atomic E-state index is 5.92. The third-order valence-electron chi connectivity index (χ3n) is 21.3. The molecule has 0 bridgehead atoms. The van der Waals surface area contributed by atoms with Crippen LogP contribution in [0.4, 0.5) is 28.4 Å². The Bertz CT molecular complexity index is 6480. The molecule has 0 unspecified atom stereocenters. The van der Waals surface area contributed by atoms with Gasteiger partial charge in [-0.15, -0.1) is 0 Å². The van der Waals surface area contributed by atoms with E-state index in [0.29, 0.717) is 0 Å². The van der Waals surface area contributed by atoms with Crippen LogP contribution >= 0.6 is 11.6 Å². The molecule has 0 fully saturated rings. The van der Waals surface area contributed by atoms with Crippen molar-refractivity contribution in [1.29, 1.82) is 0 Å². The minimum atomic E-state index is 0.769. The van der Waals surface area contributed by atoms with Crippen molar-refractivity contribution in [2.75, 3.05) is 10.2 Å². The fraction of sp³-hybridized carbons (Fsp3) is 0.0189. The molecule has 0 aliphatic rings. The number of rotatable bonds is 13. The van der Waals surface area contributed by atoms with E-state index in [1.807, 2.05) is 24.3 Å². The van der Waals surface area contributed by atoms with Crippen molar-refractivity contribution in [2.45, 2.75) is 13.8 Å². The molecule has 111 heavy (non-hydrogen) atoms. The van der Waals surface area contributed by atoms with Crippen molar-refractivity contribution in [3.05, 3.63) is 441 Å². The number of anilines is 5. The topological polar surface area (TPSA) is 25.1 Å². The monoisotopic (exact) mass is 1440 g/mol. The largest absolute Gasteiger partial charge is 0.356 e. The van der Waals surface area contributed by atoms with Gasteiger partial charge < -0.3 is 19.4 Å². The van der Waals surface area contributed by atoms with Crippen LogP contribution in [-0.4, -0.2) is 9.13 Å². The molecule has 2 heterocycles. The number of benzene rings is 18. The number of hydrogen-bond acceptors (Lipinski definition) is 2. The molecule has 528 valence electrons. The van der Waals surface area contributed by atoms with Gasteiger partial charge in [0.2, 0.25) is 0 Å².